The summed E-state index contributed by atoms with van der Waals surface area (Å²) in [5.74, 6) is 0.0892. The fraction of sp³-hybridized carbons (Fsp3) is 0.318. The van der Waals surface area contributed by atoms with E-state index in [0.717, 1.165) is 18.4 Å². The van der Waals surface area contributed by atoms with Gasteiger partial charge in [0.15, 0.2) is 0 Å². The number of carbonyl (C=O) groups excluding carboxylic acids is 1. The molecule has 0 aliphatic carbocycles. The number of amides is 1. The molecule has 0 aliphatic rings. The average molecular weight is 350 g/mol. The molecule has 1 heterocycles. The number of aromatic nitrogens is 1. The highest BCUT2D eigenvalue weighted by atomic mass is 16.5. The Bertz CT molecular complexity index is 826. The van der Waals surface area contributed by atoms with Crippen LogP contribution < -0.4 is 5.32 Å². The van der Waals surface area contributed by atoms with Crippen LogP contribution in [0.2, 0.25) is 0 Å². The first-order chi connectivity index (χ1) is 12.7. The minimum absolute atomic E-state index is 0.0776. The van der Waals surface area contributed by atoms with Crippen LogP contribution in [0.15, 0.2) is 60.8 Å². The lowest BCUT2D eigenvalue weighted by Crippen LogP contribution is -2.25. The topological polar surface area (TPSA) is 54.1 Å². The fourth-order valence-electron chi connectivity index (χ4n) is 3.06. The first-order valence-corrected chi connectivity index (χ1v) is 9.22. The van der Waals surface area contributed by atoms with Crippen LogP contribution in [0.3, 0.4) is 0 Å². The molecular formula is C22H26N2O2. The van der Waals surface area contributed by atoms with Gasteiger partial charge in [-0.15, -0.1) is 0 Å². The molecule has 1 atom stereocenters. The summed E-state index contributed by atoms with van der Waals surface area (Å²) in [5, 5.41) is 4.18. The second-order valence-electron chi connectivity index (χ2n) is 6.49. The monoisotopic (exact) mass is 350 g/mol. The number of rotatable bonds is 9. The summed E-state index contributed by atoms with van der Waals surface area (Å²) >= 11 is 0. The number of ether oxygens (including phenoxy) is 1. The van der Waals surface area contributed by atoms with Crippen molar-refractivity contribution >= 4 is 16.8 Å². The normalized spacial score (nSPS) is 12.2. The van der Waals surface area contributed by atoms with Crippen LogP contribution in [0, 0.1) is 0 Å². The van der Waals surface area contributed by atoms with E-state index in [1.54, 1.807) is 0 Å². The van der Waals surface area contributed by atoms with Crippen LogP contribution in [0.5, 0.6) is 0 Å². The van der Waals surface area contributed by atoms with E-state index in [0.29, 0.717) is 19.6 Å². The van der Waals surface area contributed by atoms with Gasteiger partial charge in [-0.1, -0.05) is 48.5 Å². The molecule has 0 saturated heterocycles. The molecule has 2 N–H and O–H groups in total. The Morgan fingerprint density at radius 1 is 1.12 bits per heavy atom. The SMILES string of the molecule is C[C@@H](OCCCNC(=O)CCc1c[nH]c2ccccc12)c1ccccc1. The van der Waals surface area contributed by atoms with E-state index < -0.39 is 0 Å². The molecule has 2 aromatic carbocycles. The third-order valence-electron chi connectivity index (χ3n) is 4.58. The summed E-state index contributed by atoms with van der Waals surface area (Å²) in [7, 11) is 0. The summed E-state index contributed by atoms with van der Waals surface area (Å²) in [4.78, 5) is 15.3. The molecule has 0 spiro atoms. The highest BCUT2D eigenvalue weighted by Crippen LogP contribution is 2.19. The first-order valence-electron chi connectivity index (χ1n) is 9.22. The summed E-state index contributed by atoms with van der Waals surface area (Å²) < 4.78 is 5.82. The van der Waals surface area contributed by atoms with Crippen molar-refractivity contribution in [2.24, 2.45) is 0 Å². The van der Waals surface area contributed by atoms with E-state index in [1.807, 2.05) is 36.5 Å². The van der Waals surface area contributed by atoms with Gasteiger partial charge in [0.25, 0.3) is 0 Å². The van der Waals surface area contributed by atoms with Gasteiger partial charge < -0.3 is 15.0 Å². The number of H-pyrrole nitrogens is 1. The number of hydrogen-bond donors (Lipinski definition) is 2. The van der Waals surface area contributed by atoms with Crippen molar-refractivity contribution in [1.82, 2.24) is 10.3 Å². The number of aromatic amines is 1. The van der Waals surface area contributed by atoms with Crippen molar-refractivity contribution in [3.05, 3.63) is 71.9 Å². The molecule has 0 aliphatic heterocycles. The third kappa shape index (κ3) is 4.96. The fourth-order valence-corrected chi connectivity index (χ4v) is 3.06. The number of nitrogens with one attached hydrogen (secondary N) is 2. The van der Waals surface area contributed by atoms with E-state index in [4.69, 9.17) is 4.74 Å². The molecule has 26 heavy (non-hydrogen) atoms. The van der Waals surface area contributed by atoms with Gasteiger partial charge in [0.2, 0.25) is 5.91 Å². The van der Waals surface area contributed by atoms with Crippen molar-refractivity contribution in [3.8, 4) is 0 Å². The Balaban J connectivity index is 1.32. The molecule has 3 rings (SSSR count). The lowest BCUT2D eigenvalue weighted by Gasteiger charge is -2.13. The minimum atomic E-state index is 0.0776. The van der Waals surface area contributed by atoms with Crippen molar-refractivity contribution in [1.29, 1.82) is 0 Å². The second kappa shape index (κ2) is 9.20. The number of fused-ring (bicyclic) bond motifs is 1. The lowest BCUT2D eigenvalue weighted by molar-refractivity contribution is -0.121. The van der Waals surface area contributed by atoms with Crippen LogP contribution in [0.4, 0.5) is 0 Å². The Hall–Kier alpha value is -2.59. The van der Waals surface area contributed by atoms with Crippen LogP contribution in [0.25, 0.3) is 10.9 Å². The van der Waals surface area contributed by atoms with Crippen LogP contribution in [-0.4, -0.2) is 24.0 Å². The van der Waals surface area contributed by atoms with Gasteiger partial charge in [-0.2, -0.15) is 0 Å². The molecule has 1 amide bonds. The van der Waals surface area contributed by atoms with E-state index in [-0.39, 0.29) is 12.0 Å². The number of benzene rings is 2. The lowest BCUT2D eigenvalue weighted by atomic mass is 10.1. The van der Waals surface area contributed by atoms with E-state index in [1.165, 1.54) is 16.5 Å². The first kappa shape index (κ1) is 18.2. The quantitative estimate of drug-likeness (QED) is 0.563. The third-order valence-corrected chi connectivity index (χ3v) is 4.58. The maximum Gasteiger partial charge on any atom is 0.220 e. The van der Waals surface area contributed by atoms with Gasteiger partial charge in [0.05, 0.1) is 6.10 Å². The predicted molar refractivity (Wildman–Crippen MR) is 105 cm³/mol. The number of para-hydroxylation sites is 1. The molecule has 1 aromatic heterocycles. The standard InChI is InChI=1S/C22H26N2O2/c1-17(18-8-3-2-4-9-18)26-15-7-14-23-22(25)13-12-19-16-24-21-11-6-5-10-20(19)21/h2-6,8-11,16-17,24H,7,12-15H2,1H3,(H,23,25)/t17-/m1/s1. The van der Waals surface area contributed by atoms with E-state index >= 15 is 0 Å². The molecule has 4 heteroatoms. The maximum absolute atomic E-state index is 12.0. The largest absolute Gasteiger partial charge is 0.374 e. The smallest absolute Gasteiger partial charge is 0.220 e. The van der Waals surface area contributed by atoms with Crippen LogP contribution >= 0.6 is 0 Å². The number of aryl methyl sites for hydroxylation is 1. The van der Waals surface area contributed by atoms with E-state index in [9.17, 15) is 4.79 Å². The molecular weight excluding hydrogens is 324 g/mol. The van der Waals surface area contributed by atoms with Gasteiger partial charge in [-0.3, -0.25) is 4.79 Å². The van der Waals surface area contributed by atoms with Gasteiger partial charge >= 0.3 is 0 Å². The molecule has 4 nitrogen and oxygen atoms in total. The Morgan fingerprint density at radius 2 is 1.88 bits per heavy atom. The minimum Gasteiger partial charge on any atom is -0.374 e. The highest BCUT2D eigenvalue weighted by Gasteiger charge is 2.07. The summed E-state index contributed by atoms with van der Waals surface area (Å²) in [6, 6.07) is 18.3. The average Bonchev–Trinajstić information content (AvgIpc) is 3.10. The zero-order valence-corrected chi connectivity index (χ0v) is 15.2. The van der Waals surface area contributed by atoms with E-state index in [2.05, 4.69) is 41.5 Å². The molecule has 136 valence electrons. The Morgan fingerprint density at radius 3 is 2.73 bits per heavy atom. The van der Waals surface area contributed by atoms with Crippen LogP contribution in [0.1, 0.15) is 37.0 Å². The summed E-state index contributed by atoms with van der Waals surface area (Å²) in [6.07, 6.45) is 4.14. The van der Waals surface area contributed by atoms with Crippen molar-refractivity contribution in [2.75, 3.05) is 13.2 Å². The van der Waals surface area contributed by atoms with Gasteiger partial charge in [-0.05, 0) is 37.0 Å². The Kier molecular flexibility index (Phi) is 6.45. The zero-order chi connectivity index (χ0) is 18.2. The highest BCUT2D eigenvalue weighted by molar-refractivity contribution is 5.84. The predicted octanol–water partition coefficient (Wildman–Crippen LogP) is 4.38. The van der Waals surface area contributed by atoms with Crippen molar-refractivity contribution in [2.45, 2.75) is 32.3 Å². The molecule has 3 aromatic rings. The van der Waals surface area contributed by atoms with Gasteiger partial charge in [0.1, 0.15) is 0 Å². The second-order valence-corrected chi connectivity index (χ2v) is 6.49. The molecule has 0 radical (unpaired) electrons. The Labute approximate surface area is 154 Å². The van der Waals surface area contributed by atoms with Crippen molar-refractivity contribution < 1.29 is 9.53 Å². The van der Waals surface area contributed by atoms with Crippen LogP contribution in [-0.2, 0) is 16.0 Å². The number of hydrogen-bond acceptors (Lipinski definition) is 2. The molecule has 0 fully saturated rings. The number of carbonyl (C=O) groups is 1. The summed E-state index contributed by atoms with van der Waals surface area (Å²) in [6.45, 7) is 3.34. The zero-order valence-electron chi connectivity index (χ0n) is 15.2. The maximum atomic E-state index is 12.0. The van der Waals surface area contributed by atoms with Gasteiger partial charge in [-0.25, -0.2) is 0 Å². The summed E-state index contributed by atoms with van der Waals surface area (Å²) in [5.41, 5.74) is 3.48. The van der Waals surface area contributed by atoms with Crippen molar-refractivity contribution in [3.63, 3.8) is 0 Å². The molecule has 0 saturated carbocycles. The molecule has 0 unspecified atom stereocenters. The molecule has 0 bridgehead atoms. The van der Waals surface area contributed by atoms with Gasteiger partial charge in [0, 0.05) is 36.7 Å².